The molecule has 0 aromatic rings. The molecule has 1 heterocycles. The third-order valence-electron chi connectivity index (χ3n) is 2.91. The summed E-state index contributed by atoms with van der Waals surface area (Å²) in [7, 11) is 0. The van der Waals surface area contributed by atoms with Crippen molar-refractivity contribution in [2.45, 2.75) is 33.1 Å². The molecule has 0 unspecified atom stereocenters. The molecule has 1 fully saturated rings. The average molecular weight is 185 g/mol. The minimum absolute atomic E-state index is 0.859. The maximum absolute atomic E-state index is 5.32. The van der Waals surface area contributed by atoms with E-state index in [1.165, 1.54) is 38.9 Å². The summed E-state index contributed by atoms with van der Waals surface area (Å²) in [4.78, 5) is 2.58. The van der Waals surface area contributed by atoms with E-state index < -0.39 is 0 Å². The van der Waals surface area contributed by atoms with Crippen molar-refractivity contribution in [2.24, 2.45) is 5.92 Å². The van der Waals surface area contributed by atoms with E-state index >= 15 is 0 Å². The van der Waals surface area contributed by atoms with Crippen molar-refractivity contribution in [3.05, 3.63) is 0 Å². The number of hydrogen-bond donors (Lipinski definition) is 0. The number of rotatable bonds is 6. The average Bonchev–Trinajstić information content (AvgIpc) is 2.60. The highest BCUT2D eigenvalue weighted by Gasteiger charge is 2.19. The maximum Gasteiger partial charge on any atom is 0.0478 e. The van der Waals surface area contributed by atoms with Crippen molar-refractivity contribution in [3.63, 3.8) is 0 Å². The molecular weight excluding hydrogens is 162 g/mol. The lowest BCUT2D eigenvalue weighted by molar-refractivity contribution is 0.135. The van der Waals surface area contributed by atoms with Crippen LogP contribution < -0.4 is 0 Å². The van der Waals surface area contributed by atoms with Crippen molar-refractivity contribution in [2.75, 3.05) is 32.8 Å². The molecule has 0 radical (unpaired) electrons. The standard InChI is InChI=1S/C11H23NO/c1-3-11-6-8-12(10-11)7-5-9-13-4-2/h11H,3-10H2,1-2H3/t11-/m1/s1. The van der Waals surface area contributed by atoms with Crippen LogP contribution >= 0.6 is 0 Å². The van der Waals surface area contributed by atoms with E-state index in [1.54, 1.807) is 0 Å². The van der Waals surface area contributed by atoms with Gasteiger partial charge in [0.1, 0.15) is 0 Å². The Morgan fingerprint density at radius 2 is 2.23 bits per heavy atom. The van der Waals surface area contributed by atoms with E-state index in [1.807, 2.05) is 0 Å². The van der Waals surface area contributed by atoms with Gasteiger partial charge in [-0.1, -0.05) is 13.3 Å². The molecular formula is C11H23NO. The lowest BCUT2D eigenvalue weighted by Gasteiger charge is -2.15. The molecule has 2 nitrogen and oxygen atoms in total. The van der Waals surface area contributed by atoms with Gasteiger partial charge < -0.3 is 9.64 Å². The fourth-order valence-electron chi connectivity index (χ4n) is 1.98. The number of ether oxygens (including phenoxy) is 1. The summed E-state index contributed by atoms with van der Waals surface area (Å²) >= 11 is 0. The fourth-order valence-corrected chi connectivity index (χ4v) is 1.98. The number of nitrogens with zero attached hydrogens (tertiary/aromatic N) is 1. The Morgan fingerprint density at radius 3 is 2.85 bits per heavy atom. The summed E-state index contributed by atoms with van der Waals surface area (Å²) in [6.45, 7) is 10.0. The minimum Gasteiger partial charge on any atom is -0.382 e. The molecule has 0 spiro atoms. The SMILES string of the molecule is CCOCCCN1CC[C@@H](CC)C1. The quantitative estimate of drug-likeness (QED) is 0.588. The Balaban J connectivity index is 1.97. The van der Waals surface area contributed by atoms with Crippen LogP contribution in [-0.2, 0) is 4.74 Å². The molecule has 0 aromatic heterocycles. The summed E-state index contributed by atoms with van der Waals surface area (Å²) < 4.78 is 5.32. The molecule has 0 aliphatic carbocycles. The van der Waals surface area contributed by atoms with Gasteiger partial charge in [-0.15, -0.1) is 0 Å². The van der Waals surface area contributed by atoms with Crippen molar-refractivity contribution in [1.82, 2.24) is 4.90 Å². The van der Waals surface area contributed by atoms with Crippen LogP contribution in [0.5, 0.6) is 0 Å². The molecule has 13 heavy (non-hydrogen) atoms. The lowest BCUT2D eigenvalue weighted by atomic mass is 10.1. The largest absolute Gasteiger partial charge is 0.382 e. The van der Waals surface area contributed by atoms with Crippen LogP contribution in [0.2, 0.25) is 0 Å². The highest BCUT2D eigenvalue weighted by atomic mass is 16.5. The van der Waals surface area contributed by atoms with Crippen LogP contribution in [0.15, 0.2) is 0 Å². The zero-order chi connectivity index (χ0) is 9.52. The maximum atomic E-state index is 5.32. The van der Waals surface area contributed by atoms with Gasteiger partial charge in [0.15, 0.2) is 0 Å². The van der Waals surface area contributed by atoms with E-state index in [-0.39, 0.29) is 0 Å². The second-order valence-corrected chi connectivity index (χ2v) is 3.91. The Hall–Kier alpha value is -0.0800. The van der Waals surface area contributed by atoms with Gasteiger partial charge in [-0.25, -0.2) is 0 Å². The Labute approximate surface area is 82.3 Å². The Bertz CT molecular complexity index is 127. The molecule has 2 heteroatoms. The van der Waals surface area contributed by atoms with Gasteiger partial charge in [0.25, 0.3) is 0 Å². The van der Waals surface area contributed by atoms with Crippen LogP contribution in [0.1, 0.15) is 33.1 Å². The normalized spacial score (nSPS) is 24.0. The van der Waals surface area contributed by atoms with E-state index in [0.29, 0.717) is 0 Å². The topological polar surface area (TPSA) is 12.5 Å². The van der Waals surface area contributed by atoms with E-state index in [2.05, 4.69) is 18.7 Å². The molecule has 1 atom stereocenters. The van der Waals surface area contributed by atoms with Crippen LogP contribution in [0.4, 0.5) is 0 Å². The Morgan fingerprint density at radius 1 is 1.38 bits per heavy atom. The second kappa shape index (κ2) is 6.39. The molecule has 0 amide bonds. The van der Waals surface area contributed by atoms with Crippen LogP contribution in [0.25, 0.3) is 0 Å². The van der Waals surface area contributed by atoms with Gasteiger partial charge in [0.05, 0.1) is 0 Å². The zero-order valence-corrected chi connectivity index (χ0v) is 9.09. The third kappa shape index (κ3) is 4.10. The van der Waals surface area contributed by atoms with Gasteiger partial charge in [-0.05, 0) is 32.2 Å². The molecule has 1 saturated heterocycles. The van der Waals surface area contributed by atoms with Gasteiger partial charge >= 0.3 is 0 Å². The summed E-state index contributed by atoms with van der Waals surface area (Å²) in [6.07, 6.45) is 3.96. The van der Waals surface area contributed by atoms with Gasteiger partial charge in [0.2, 0.25) is 0 Å². The third-order valence-corrected chi connectivity index (χ3v) is 2.91. The minimum atomic E-state index is 0.859. The number of likely N-dealkylation sites (tertiary alicyclic amines) is 1. The second-order valence-electron chi connectivity index (χ2n) is 3.91. The van der Waals surface area contributed by atoms with Crippen molar-refractivity contribution < 1.29 is 4.74 Å². The molecule has 1 aliphatic heterocycles. The first-order valence-corrected chi connectivity index (χ1v) is 5.66. The molecule has 0 aromatic carbocycles. The van der Waals surface area contributed by atoms with Gasteiger partial charge in [0, 0.05) is 26.3 Å². The predicted molar refractivity (Wildman–Crippen MR) is 55.9 cm³/mol. The molecule has 1 rings (SSSR count). The first-order chi connectivity index (χ1) is 6.36. The highest BCUT2D eigenvalue weighted by Crippen LogP contribution is 2.18. The summed E-state index contributed by atoms with van der Waals surface area (Å²) in [6, 6.07) is 0. The molecule has 0 bridgehead atoms. The summed E-state index contributed by atoms with van der Waals surface area (Å²) in [5.41, 5.74) is 0. The van der Waals surface area contributed by atoms with E-state index in [9.17, 15) is 0 Å². The van der Waals surface area contributed by atoms with E-state index in [0.717, 1.165) is 19.1 Å². The summed E-state index contributed by atoms with van der Waals surface area (Å²) in [5.74, 6) is 0.965. The predicted octanol–water partition coefficient (Wildman–Crippen LogP) is 2.14. The van der Waals surface area contributed by atoms with Crippen molar-refractivity contribution in [1.29, 1.82) is 0 Å². The molecule has 0 saturated carbocycles. The van der Waals surface area contributed by atoms with Crippen molar-refractivity contribution in [3.8, 4) is 0 Å². The first kappa shape index (κ1) is 11.0. The van der Waals surface area contributed by atoms with Crippen LogP contribution in [0.3, 0.4) is 0 Å². The highest BCUT2D eigenvalue weighted by molar-refractivity contribution is 4.73. The molecule has 78 valence electrons. The monoisotopic (exact) mass is 185 g/mol. The summed E-state index contributed by atoms with van der Waals surface area (Å²) in [5, 5.41) is 0. The fraction of sp³-hybridized carbons (Fsp3) is 1.00. The number of hydrogen-bond acceptors (Lipinski definition) is 2. The zero-order valence-electron chi connectivity index (χ0n) is 9.09. The molecule has 1 aliphatic rings. The van der Waals surface area contributed by atoms with Gasteiger partial charge in [-0.2, -0.15) is 0 Å². The van der Waals surface area contributed by atoms with Crippen molar-refractivity contribution >= 4 is 0 Å². The first-order valence-electron chi connectivity index (χ1n) is 5.66. The molecule has 0 N–H and O–H groups in total. The Kier molecular flexibility index (Phi) is 5.40. The van der Waals surface area contributed by atoms with Gasteiger partial charge in [-0.3, -0.25) is 0 Å². The van der Waals surface area contributed by atoms with Crippen LogP contribution in [0, 0.1) is 5.92 Å². The van der Waals surface area contributed by atoms with Crippen LogP contribution in [-0.4, -0.2) is 37.7 Å². The van der Waals surface area contributed by atoms with E-state index in [4.69, 9.17) is 4.74 Å². The lowest BCUT2D eigenvalue weighted by Crippen LogP contribution is -2.22. The smallest absolute Gasteiger partial charge is 0.0478 e.